The molecule has 0 saturated carbocycles. The molecule has 0 saturated heterocycles. The summed E-state index contributed by atoms with van der Waals surface area (Å²) in [6.07, 6.45) is 1.16. The van der Waals surface area contributed by atoms with E-state index in [0.29, 0.717) is 0 Å². The predicted octanol–water partition coefficient (Wildman–Crippen LogP) is 3.41. The number of thioether (sulfide) groups is 1. The average molecular weight is 465 g/mol. The molecule has 32 heavy (non-hydrogen) atoms. The van der Waals surface area contributed by atoms with Gasteiger partial charge in [0.05, 0.1) is 10.9 Å². The van der Waals surface area contributed by atoms with Crippen LogP contribution in [0, 0.1) is 23.3 Å². The Balaban J connectivity index is 1.96. The first-order valence-corrected chi connectivity index (χ1v) is 10.2. The molecular formula is C21H15F4N3O3S. The Labute approximate surface area is 182 Å². The van der Waals surface area contributed by atoms with Crippen LogP contribution in [-0.2, 0) is 5.75 Å². The minimum absolute atomic E-state index is 0.0738. The second kappa shape index (κ2) is 8.23. The van der Waals surface area contributed by atoms with E-state index in [-0.39, 0.29) is 27.3 Å². The van der Waals surface area contributed by atoms with Crippen molar-refractivity contribution in [2.24, 2.45) is 0 Å². The Bertz CT molecular complexity index is 1250. The third-order valence-corrected chi connectivity index (χ3v) is 6.22. The summed E-state index contributed by atoms with van der Waals surface area (Å²) < 4.78 is 58.1. The summed E-state index contributed by atoms with van der Waals surface area (Å²) in [4.78, 5) is 24.1. The van der Waals surface area contributed by atoms with Gasteiger partial charge in [-0.25, -0.2) is 17.6 Å². The Morgan fingerprint density at radius 2 is 1.72 bits per heavy atom. The van der Waals surface area contributed by atoms with Crippen LogP contribution in [0.1, 0.15) is 33.2 Å². The van der Waals surface area contributed by atoms with E-state index in [1.54, 1.807) is 0 Å². The molecule has 6 nitrogen and oxygen atoms in total. The fourth-order valence-electron chi connectivity index (χ4n) is 3.51. The topological polar surface area (TPSA) is 83.4 Å². The molecule has 4 rings (SSSR count). The highest BCUT2D eigenvalue weighted by Crippen LogP contribution is 2.43. The largest absolute Gasteiger partial charge is 0.502 e. The molecule has 1 aromatic heterocycles. The fraction of sp³-hybridized carbons (Fsp3) is 0.143. The number of rotatable bonds is 3. The molecule has 1 amide bonds. The van der Waals surface area contributed by atoms with Crippen LogP contribution in [0.2, 0.25) is 0 Å². The first-order chi connectivity index (χ1) is 15.2. The van der Waals surface area contributed by atoms with Gasteiger partial charge in [0.2, 0.25) is 5.43 Å². The molecule has 1 aliphatic heterocycles. The Kier molecular flexibility index (Phi) is 5.59. The highest BCUT2D eigenvalue weighted by atomic mass is 32.2. The molecule has 2 aromatic carbocycles. The van der Waals surface area contributed by atoms with Gasteiger partial charge in [0.15, 0.2) is 34.7 Å². The van der Waals surface area contributed by atoms with Crippen molar-refractivity contribution in [3.05, 3.63) is 92.4 Å². The van der Waals surface area contributed by atoms with Crippen molar-refractivity contribution in [1.29, 1.82) is 0 Å². The number of amides is 1. The van der Waals surface area contributed by atoms with Crippen LogP contribution in [0.3, 0.4) is 0 Å². The molecule has 11 heteroatoms. The molecule has 1 unspecified atom stereocenters. The van der Waals surface area contributed by atoms with Gasteiger partial charge >= 0.3 is 0 Å². The summed E-state index contributed by atoms with van der Waals surface area (Å²) in [6.45, 7) is 0. The smallest absolute Gasteiger partial charge is 0.273 e. The Morgan fingerprint density at radius 3 is 2.41 bits per heavy atom. The number of carbonyl (C=O) groups is 1. The zero-order chi connectivity index (χ0) is 23.2. The van der Waals surface area contributed by atoms with Crippen molar-refractivity contribution in [3.8, 4) is 5.75 Å². The standard InChI is InChI=1S/C21H15F4N3O3S/c1-26-21(31)18-19(30)14(29)6-7-28(18)27-17-9-2-4-12(22)15(24)11(9)8-32-20-10(17)3-5-13(23)16(20)25/h2-7,17,27,30H,8H2,1H3,(H,26,31). The summed E-state index contributed by atoms with van der Waals surface area (Å²) >= 11 is 0.801. The van der Waals surface area contributed by atoms with Crippen molar-refractivity contribution >= 4 is 17.7 Å². The summed E-state index contributed by atoms with van der Waals surface area (Å²) in [6, 6.07) is 4.28. The molecule has 3 N–H and O–H groups in total. The Hall–Kier alpha value is -3.47. The van der Waals surface area contributed by atoms with E-state index in [9.17, 15) is 32.3 Å². The van der Waals surface area contributed by atoms with Crippen LogP contribution in [-0.4, -0.2) is 22.7 Å². The van der Waals surface area contributed by atoms with Gasteiger partial charge in [-0.15, -0.1) is 11.8 Å². The first-order valence-electron chi connectivity index (χ1n) is 9.25. The van der Waals surface area contributed by atoms with E-state index in [0.717, 1.165) is 40.8 Å². The molecule has 0 aliphatic carbocycles. The van der Waals surface area contributed by atoms with E-state index in [1.165, 1.54) is 19.2 Å². The maximum absolute atomic E-state index is 14.6. The number of aromatic nitrogens is 1. The van der Waals surface area contributed by atoms with E-state index < -0.39 is 52.1 Å². The second-order valence-electron chi connectivity index (χ2n) is 6.89. The monoisotopic (exact) mass is 465 g/mol. The molecular weight excluding hydrogens is 450 g/mol. The van der Waals surface area contributed by atoms with Crippen LogP contribution in [0.15, 0.2) is 46.2 Å². The lowest BCUT2D eigenvalue weighted by atomic mass is 9.95. The third kappa shape index (κ3) is 3.48. The summed E-state index contributed by atoms with van der Waals surface area (Å²) in [5.74, 6) is -6.34. The zero-order valence-electron chi connectivity index (χ0n) is 16.4. The van der Waals surface area contributed by atoms with Crippen molar-refractivity contribution in [1.82, 2.24) is 9.99 Å². The van der Waals surface area contributed by atoms with Crippen molar-refractivity contribution in [2.75, 3.05) is 12.5 Å². The number of pyridine rings is 1. The van der Waals surface area contributed by atoms with Crippen molar-refractivity contribution < 1.29 is 27.5 Å². The van der Waals surface area contributed by atoms with E-state index in [1.807, 2.05) is 0 Å². The fourth-order valence-corrected chi connectivity index (χ4v) is 4.66. The minimum atomic E-state index is -1.15. The molecule has 0 radical (unpaired) electrons. The maximum atomic E-state index is 14.6. The lowest BCUT2D eigenvalue weighted by molar-refractivity contribution is 0.0950. The summed E-state index contributed by atoms with van der Waals surface area (Å²) in [5, 5.41) is 12.4. The summed E-state index contributed by atoms with van der Waals surface area (Å²) in [5.41, 5.74) is 1.90. The number of hydrogen-bond acceptors (Lipinski definition) is 5. The molecule has 3 aromatic rings. The van der Waals surface area contributed by atoms with Crippen molar-refractivity contribution in [3.63, 3.8) is 0 Å². The third-order valence-electron chi connectivity index (χ3n) is 5.08. The molecule has 0 spiro atoms. The first kappa shape index (κ1) is 21.8. The molecule has 166 valence electrons. The summed E-state index contributed by atoms with van der Waals surface area (Å²) in [7, 11) is 1.28. The maximum Gasteiger partial charge on any atom is 0.273 e. The van der Waals surface area contributed by atoms with Crippen LogP contribution >= 0.6 is 11.8 Å². The van der Waals surface area contributed by atoms with Gasteiger partial charge in [-0.1, -0.05) is 12.1 Å². The second-order valence-corrected chi connectivity index (χ2v) is 7.87. The number of nitrogens with one attached hydrogen (secondary N) is 2. The minimum Gasteiger partial charge on any atom is -0.502 e. The van der Waals surface area contributed by atoms with Crippen LogP contribution in [0.4, 0.5) is 17.6 Å². The number of nitrogens with zero attached hydrogens (tertiary/aromatic N) is 1. The Morgan fingerprint density at radius 1 is 1.06 bits per heavy atom. The van der Waals surface area contributed by atoms with Gasteiger partial charge in [0.25, 0.3) is 5.91 Å². The van der Waals surface area contributed by atoms with Gasteiger partial charge in [-0.2, -0.15) is 0 Å². The molecule has 1 aliphatic rings. The number of hydrogen-bond donors (Lipinski definition) is 3. The molecule has 1 atom stereocenters. The molecule has 0 bridgehead atoms. The van der Waals surface area contributed by atoms with Gasteiger partial charge in [-0.3, -0.25) is 14.3 Å². The number of aromatic hydroxyl groups is 1. The lowest BCUT2D eigenvalue weighted by Gasteiger charge is -2.26. The highest BCUT2D eigenvalue weighted by Gasteiger charge is 2.31. The lowest BCUT2D eigenvalue weighted by Crippen LogP contribution is -2.32. The predicted molar refractivity (Wildman–Crippen MR) is 109 cm³/mol. The molecule has 2 heterocycles. The van der Waals surface area contributed by atoms with E-state index >= 15 is 0 Å². The normalized spacial score (nSPS) is 14.8. The zero-order valence-corrected chi connectivity index (χ0v) is 17.2. The average Bonchev–Trinajstić information content (AvgIpc) is 2.93. The SMILES string of the molecule is CNC(=O)c1c(O)c(=O)ccn1NC1c2ccc(F)c(F)c2CSc2c1ccc(F)c2F. The van der Waals surface area contributed by atoms with Gasteiger partial charge < -0.3 is 15.8 Å². The van der Waals surface area contributed by atoms with Crippen LogP contribution < -0.4 is 16.2 Å². The number of carbonyl (C=O) groups excluding carboxylic acids is 1. The quantitative estimate of drug-likeness (QED) is 0.517. The van der Waals surface area contributed by atoms with Crippen LogP contribution in [0.25, 0.3) is 0 Å². The van der Waals surface area contributed by atoms with E-state index in [4.69, 9.17) is 0 Å². The number of fused-ring (bicyclic) bond motifs is 2. The molecule has 0 fully saturated rings. The van der Waals surface area contributed by atoms with Crippen LogP contribution in [0.5, 0.6) is 5.75 Å². The van der Waals surface area contributed by atoms with Gasteiger partial charge in [0.1, 0.15) is 0 Å². The number of halogens is 4. The van der Waals surface area contributed by atoms with Gasteiger partial charge in [-0.05, 0) is 23.3 Å². The highest BCUT2D eigenvalue weighted by molar-refractivity contribution is 7.98. The number of benzene rings is 2. The van der Waals surface area contributed by atoms with Crippen molar-refractivity contribution in [2.45, 2.75) is 16.7 Å². The van der Waals surface area contributed by atoms with Gasteiger partial charge in [0, 0.05) is 30.6 Å². The van der Waals surface area contributed by atoms with E-state index in [2.05, 4.69) is 10.7 Å².